The lowest BCUT2D eigenvalue weighted by Crippen LogP contribution is -2.44. The summed E-state index contributed by atoms with van der Waals surface area (Å²) in [5.41, 5.74) is 2.17. The average molecular weight is 357 g/mol. The molecule has 2 aromatic rings. The second-order valence-electron chi connectivity index (χ2n) is 7.03. The number of hydrogen-bond acceptors (Lipinski definition) is 4. The molecule has 0 bridgehead atoms. The number of amides is 1. The first-order valence-corrected chi connectivity index (χ1v) is 9.38. The van der Waals surface area contributed by atoms with Crippen LogP contribution in [0.25, 0.3) is 0 Å². The molecule has 0 aliphatic carbocycles. The summed E-state index contributed by atoms with van der Waals surface area (Å²) in [4.78, 5) is 33.0. The molecule has 7 heteroatoms. The molecule has 0 radical (unpaired) electrons. The van der Waals surface area contributed by atoms with E-state index in [0.29, 0.717) is 18.5 Å². The van der Waals surface area contributed by atoms with Crippen molar-refractivity contribution in [1.29, 1.82) is 0 Å². The highest BCUT2D eigenvalue weighted by Gasteiger charge is 2.26. The fourth-order valence-electron chi connectivity index (χ4n) is 3.84. The number of aromatic amines is 1. The highest BCUT2D eigenvalue weighted by Crippen LogP contribution is 2.22. The quantitative estimate of drug-likeness (QED) is 0.857. The largest absolute Gasteiger partial charge is 0.345 e. The van der Waals surface area contributed by atoms with E-state index in [0.717, 1.165) is 43.6 Å². The molecule has 26 heavy (non-hydrogen) atoms. The zero-order valence-electron chi connectivity index (χ0n) is 15.6. The van der Waals surface area contributed by atoms with Crippen molar-refractivity contribution >= 4 is 5.91 Å². The number of aryl methyl sites for hydroxylation is 3. The second kappa shape index (κ2) is 8.29. The third-order valence-corrected chi connectivity index (χ3v) is 5.24. The van der Waals surface area contributed by atoms with Gasteiger partial charge < -0.3 is 9.88 Å². The highest BCUT2D eigenvalue weighted by molar-refractivity contribution is 5.77. The molecule has 2 aromatic heterocycles. The van der Waals surface area contributed by atoms with Crippen molar-refractivity contribution in [2.45, 2.75) is 65.0 Å². The van der Waals surface area contributed by atoms with Gasteiger partial charge >= 0.3 is 5.69 Å². The van der Waals surface area contributed by atoms with Crippen LogP contribution >= 0.6 is 0 Å². The molecule has 0 saturated carbocycles. The molecule has 1 aliphatic heterocycles. The number of aromatic nitrogens is 4. The number of likely N-dealkylation sites (tertiary alicyclic amines) is 1. The number of H-pyrrole nitrogens is 1. The Balaban J connectivity index is 1.60. The number of hydrogen-bond donors (Lipinski definition) is 1. The third-order valence-electron chi connectivity index (χ3n) is 5.24. The second-order valence-corrected chi connectivity index (χ2v) is 7.03. The molecule has 1 aliphatic rings. The fraction of sp³-hybridized carbons (Fsp3) is 0.579. The van der Waals surface area contributed by atoms with Gasteiger partial charge in [0, 0.05) is 49.3 Å². The summed E-state index contributed by atoms with van der Waals surface area (Å²) in [5, 5.41) is 4.25. The van der Waals surface area contributed by atoms with Crippen molar-refractivity contribution in [3.05, 3.63) is 45.9 Å². The summed E-state index contributed by atoms with van der Waals surface area (Å²) in [6, 6.07) is 2.21. The van der Waals surface area contributed by atoms with Crippen LogP contribution in [0.1, 0.15) is 49.1 Å². The van der Waals surface area contributed by atoms with E-state index < -0.39 is 0 Å². The Morgan fingerprint density at radius 3 is 2.92 bits per heavy atom. The molecular formula is C19H27N5O2. The van der Waals surface area contributed by atoms with Crippen molar-refractivity contribution in [1.82, 2.24) is 24.6 Å². The molecule has 0 spiro atoms. The van der Waals surface area contributed by atoms with Gasteiger partial charge in [-0.15, -0.1) is 0 Å². The van der Waals surface area contributed by atoms with Gasteiger partial charge in [-0.2, -0.15) is 10.1 Å². The summed E-state index contributed by atoms with van der Waals surface area (Å²) >= 11 is 0. The summed E-state index contributed by atoms with van der Waals surface area (Å²) in [6.45, 7) is 5.37. The van der Waals surface area contributed by atoms with Gasteiger partial charge in [0.25, 0.3) is 0 Å². The van der Waals surface area contributed by atoms with Gasteiger partial charge in [0.2, 0.25) is 5.91 Å². The van der Waals surface area contributed by atoms with Gasteiger partial charge in [-0.25, -0.2) is 4.79 Å². The Morgan fingerprint density at radius 1 is 1.35 bits per heavy atom. The summed E-state index contributed by atoms with van der Waals surface area (Å²) in [7, 11) is 0. The minimum Gasteiger partial charge on any atom is -0.340 e. The van der Waals surface area contributed by atoms with Gasteiger partial charge in [0.1, 0.15) is 0 Å². The van der Waals surface area contributed by atoms with Crippen molar-refractivity contribution in [2.24, 2.45) is 0 Å². The zero-order chi connectivity index (χ0) is 18.5. The lowest BCUT2D eigenvalue weighted by Gasteiger charge is -2.36. The normalized spacial score (nSPS) is 17.5. The first-order chi connectivity index (χ1) is 12.5. The zero-order valence-corrected chi connectivity index (χ0v) is 15.6. The summed E-state index contributed by atoms with van der Waals surface area (Å²) < 4.78 is 1.93. The molecule has 3 rings (SSSR count). The fourth-order valence-corrected chi connectivity index (χ4v) is 3.84. The van der Waals surface area contributed by atoms with Crippen LogP contribution in [-0.4, -0.2) is 43.1 Å². The number of nitrogens with zero attached hydrogens (tertiary/aromatic N) is 4. The number of rotatable bonds is 6. The molecule has 3 heterocycles. The van der Waals surface area contributed by atoms with E-state index in [1.165, 1.54) is 6.42 Å². The van der Waals surface area contributed by atoms with Crippen molar-refractivity contribution < 1.29 is 4.79 Å². The van der Waals surface area contributed by atoms with Gasteiger partial charge in [0.05, 0.1) is 0 Å². The van der Waals surface area contributed by atoms with Crippen LogP contribution in [0.15, 0.2) is 23.3 Å². The monoisotopic (exact) mass is 357 g/mol. The maximum Gasteiger partial charge on any atom is 0.345 e. The van der Waals surface area contributed by atoms with Crippen LogP contribution < -0.4 is 5.69 Å². The Labute approximate surface area is 153 Å². The van der Waals surface area contributed by atoms with E-state index in [4.69, 9.17) is 0 Å². The van der Waals surface area contributed by atoms with Gasteiger partial charge in [-0.05, 0) is 57.6 Å². The molecule has 1 N–H and O–H groups in total. The Kier molecular flexibility index (Phi) is 5.85. The average Bonchev–Trinajstić information content (AvgIpc) is 3.12. The predicted molar refractivity (Wildman–Crippen MR) is 98.8 cm³/mol. The van der Waals surface area contributed by atoms with Crippen molar-refractivity contribution in [2.75, 3.05) is 6.54 Å². The molecule has 140 valence electrons. The van der Waals surface area contributed by atoms with Crippen LogP contribution in [0.2, 0.25) is 0 Å². The molecule has 0 aromatic carbocycles. The van der Waals surface area contributed by atoms with E-state index in [2.05, 4.69) is 20.0 Å². The van der Waals surface area contributed by atoms with E-state index in [9.17, 15) is 9.59 Å². The van der Waals surface area contributed by atoms with E-state index >= 15 is 0 Å². The molecule has 1 saturated heterocycles. The summed E-state index contributed by atoms with van der Waals surface area (Å²) in [5.74, 6) is 0.195. The van der Waals surface area contributed by atoms with Crippen LogP contribution in [0.4, 0.5) is 0 Å². The van der Waals surface area contributed by atoms with E-state index in [1.54, 1.807) is 6.20 Å². The SMILES string of the molecule is Cc1nc(=O)[nH]c(C)c1CCC(=O)N1CCCC[C@@H]1CCn1cccn1. The first kappa shape index (κ1) is 18.4. The van der Waals surface area contributed by atoms with E-state index in [1.807, 2.05) is 30.8 Å². The Hall–Kier alpha value is -2.44. The predicted octanol–water partition coefficient (Wildman–Crippen LogP) is 1.99. The number of carbonyl (C=O) groups is 1. The summed E-state index contributed by atoms with van der Waals surface area (Å²) in [6.07, 6.45) is 9.06. The standard InChI is InChI=1S/C19H27N5O2/c1-14-17(15(2)22-19(26)21-14)7-8-18(25)24-12-4-3-6-16(24)9-13-23-11-5-10-20-23/h5,10-11,16H,3-4,6-9,12-13H2,1-2H3,(H,21,22,26)/t16-/m1/s1. The minimum absolute atomic E-state index is 0.195. The number of nitrogens with one attached hydrogen (secondary N) is 1. The molecule has 0 unspecified atom stereocenters. The van der Waals surface area contributed by atoms with E-state index in [-0.39, 0.29) is 17.6 Å². The minimum atomic E-state index is -0.329. The number of piperidine rings is 1. The van der Waals surface area contributed by atoms with Crippen LogP contribution in [0.5, 0.6) is 0 Å². The van der Waals surface area contributed by atoms with Gasteiger partial charge in [0.15, 0.2) is 0 Å². The Morgan fingerprint density at radius 2 is 2.19 bits per heavy atom. The lowest BCUT2D eigenvalue weighted by molar-refractivity contribution is -0.135. The first-order valence-electron chi connectivity index (χ1n) is 9.38. The van der Waals surface area contributed by atoms with Crippen LogP contribution in [0.3, 0.4) is 0 Å². The molecule has 1 fully saturated rings. The highest BCUT2D eigenvalue weighted by atomic mass is 16.2. The maximum absolute atomic E-state index is 12.8. The maximum atomic E-state index is 12.8. The van der Waals surface area contributed by atoms with Crippen LogP contribution in [-0.2, 0) is 17.8 Å². The topological polar surface area (TPSA) is 83.9 Å². The molecule has 7 nitrogen and oxygen atoms in total. The van der Waals surface area contributed by atoms with Crippen LogP contribution in [0, 0.1) is 13.8 Å². The third kappa shape index (κ3) is 4.39. The van der Waals surface area contributed by atoms with Crippen molar-refractivity contribution in [3.63, 3.8) is 0 Å². The van der Waals surface area contributed by atoms with Gasteiger partial charge in [-0.3, -0.25) is 9.48 Å². The smallest absolute Gasteiger partial charge is 0.340 e. The number of carbonyl (C=O) groups excluding carboxylic acids is 1. The lowest BCUT2D eigenvalue weighted by atomic mass is 9.98. The Bertz CT molecular complexity index is 771. The molecule has 1 atom stereocenters. The molecule has 1 amide bonds. The van der Waals surface area contributed by atoms with Gasteiger partial charge in [-0.1, -0.05) is 0 Å². The van der Waals surface area contributed by atoms with Crippen molar-refractivity contribution in [3.8, 4) is 0 Å². The molecular weight excluding hydrogens is 330 g/mol.